The van der Waals surface area contributed by atoms with Crippen molar-refractivity contribution in [1.82, 2.24) is 4.31 Å². The van der Waals surface area contributed by atoms with Gasteiger partial charge in [-0.1, -0.05) is 26.7 Å². The van der Waals surface area contributed by atoms with Crippen LogP contribution in [0.25, 0.3) is 0 Å². The number of piperidine rings is 1. The van der Waals surface area contributed by atoms with Gasteiger partial charge >= 0.3 is 0 Å². The average Bonchev–Trinajstić information content (AvgIpc) is 2.36. The molecule has 0 amide bonds. The zero-order valence-electron chi connectivity index (χ0n) is 11.5. The molecule has 0 bridgehead atoms. The Hall–Kier alpha value is 0.160. The van der Waals surface area contributed by atoms with Gasteiger partial charge in [0.25, 0.3) is 0 Å². The Morgan fingerprint density at radius 3 is 2.11 bits per heavy atom. The molecule has 0 saturated carbocycles. The summed E-state index contributed by atoms with van der Waals surface area (Å²) in [4.78, 5) is 0. The fourth-order valence-electron chi connectivity index (χ4n) is 2.35. The van der Waals surface area contributed by atoms with Gasteiger partial charge in [0, 0.05) is 13.1 Å². The maximum Gasteiger partial charge on any atom is 0.214 e. The Morgan fingerprint density at radius 1 is 1.22 bits per heavy atom. The van der Waals surface area contributed by atoms with Crippen LogP contribution in [0.2, 0.25) is 0 Å². The van der Waals surface area contributed by atoms with Crippen molar-refractivity contribution < 1.29 is 8.42 Å². The van der Waals surface area contributed by atoms with Crippen molar-refractivity contribution in [2.24, 2.45) is 17.6 Å². The van der Waals surface area contributed by atoms with E-state index in [4.69, 9.17) is 5.73 Å². The van der Waals surface area contributed by atoms with Crippen LogP contribution in [0.4, 0.5) is 0 Å². The maximum absolute atomic E-state index is 12.2. The second-order valence-corrected chi connectivity index (χ2v) is 7.05. The van der Waals surface area contributed by atoms with Gasteiger partial charge in [0.1, 0.15) is 0 Å². The van der Waals surface area contributed by atoms with E-state index >= 15 is 0 Å². The lowest BCUT2D eigenvalue weighted by molar-refractivity contribution is 0.276. The van der Waals surface area contributed by atoms with E-state index < -0.39 is 10.0 Å². The lowest BCUT2D eigenvalue weighted by Gasteiger charge is -2.31. The first kappa shape index (κ1) is 18.2. The summed E-state index contributed by atoms with van der Waals surface area (Å²) in [5.41, 5.74) is 5.61. The first-order chi connectivity index (χ1) is 8.03. The Morgan fingerprint density at radius 2 is 1.72 bits per heavy atom. The average molecular weight is 299 g/mol. The zero-order chi connectivity index (χ0) is 12.9. The van der Waals surface area contributed by atoms with Crippen molar-refractivity contribution in [2.45, 2.75) is 39.5 Å². The first-order valence-corrected chi connectivity index (χ1v) is 8.32. The third kappa shape index (κ3) is 5.03. The van der Waals surface area contributed by atoms with Crippen LogP contribution in [0.5, 0.6) is 0 Å². The second-order valence-electron chi connectivity index (χ2n) is 5.04. The van der Waals surface area contributed by atoms with Gasteiger partial charge in [-0.05, 0) is 31.2 Å². The summed E-state index contributed by atoms with van der Waals surface area (Å²) in [6.07, 6.45) is 3.71. The molecule has 1 saturated heterocycles. The lowest BCUT2D eigenvalue weighted by atomic mass is 9.99. The van der Waals surface area contributed by atoms with Crippen molar-refractivity contribution in [3.8, 4) is 0 Å². The number of rotatable bonds is 6. The summed E-state index contributed by atoms with van der Waals surface area (Å²) < 4.78 is 26.1. The van der Waals surface area contributed by atoms with Crippen molar-refractivity contribution in [2.75, 3.05) is 25.4 Å². The molecule has 0 unspecified atom stereocenters. The summed E-state index contributed by atoms with van der Waals surface area (Å²) in [5.74, 6) is 1.12. The van der Waals surface area contributed by atoms with E-state index in [9.17, 15) is 8.42 Å². The molecule has 0 aromatic rings. The first-order valence-electron chi connectivity index (χ1n) is 6.71. The molecule has 0 spiro atoms. The SMILES string of the molecule is CCC(CC)CS(=O)(=O)N1CCC(CN)CC1.Cl. The van der Waals surface area contributed by atoms with Crippen LogP contribution in [0.3, 0.4) is 0 Å². The Labute approximate surface area is 118 Å². The summed E-state index contributed by atoms with van der Waals surface area (Å²) in [6, 6.07) is 0. The molecular weight excluding hydrogens is 272 g/mol. The van der Waals surface area contributed by atoms with E-state index in [2.05, 4.69) is 13.8 Å². The molecule has 1 rings (SSSR count). The predicted octanol–water partition coefficient (Wildman–Crippen LogP) is 1.84. The van der Waals surface area contributed by atoms with Crippen LogP contribution < -0.4 is 5.73 Å². The summed E-state index contributed by atoms with van der Waals surface area (Å²) in [5, 5.41) is 0. The number of hydrogen-bond acceptors (Lipinski definition) is 3. The van der Waals surface area contributed by atoms with E-state index in [1.165, 1.54) is 0 Å². The Bertz CT molecular complexity index is 310. The van der Waals surface area contributed by atoms with Crippen molar-refractivity contribution >= 4 is 22.4 Å². The zero-order valence-corrected chi connectivity index (χ0v) is 13.1. The molecule has 1 aliphatic heterocycles. The van der Waals surface area contributed by atoms with E-state index in [0.29, 0.717) is 37.2 Å². The normalized spacial score (nSPS) is 18.9. The third-order valence-electron chi connectivity index (χ3n) is 3.90. The second kappa shape index (κ2) is 8.35. The standard InChI is InChI=1S/C12H26N2O2S.ClH/c1-3-11(4-2)10-17(15,16)14-7-5-12(9-13)6-8-14;/h11-12H,3-10,13H2,1-2H3;1H. The van der Waals surface area contributed by atoms with Gasteiger partial charge in [0.15, 0.2) is 0 Å². The van der Waals surface area contributed by atoms with E-state index in [0.717, 1.165) is 25.7 Å². The molecule has 0 aromatic heterocycles. The van der Waals surface area contributed by atoms with Gasteiger partial charge in [-0.2, -0.15) is 0 Å². The van der Waals surface area contributed by atoms with Gasteiger partial charge in [-0.3, -0.25) is 0 Å². The topological polar surface area (TPSA) is 63.4 Å². The van der Waals surface area contributed by atoms with E-state index in [-0.39, 0.29) is 12.4 Å². The minimum atomic E-state index is -3.05. The molecular formula is C12H27ClN2O2S. The highest BCUT2D eigenvalue weighted by Gasteiger charge is 2.28. The number of sulfonamides is 1. The van der Waals surface area contributed by atoms with E-state index in [1.54, 1.807) is 4.31 Å². The van der Waals surface area contributed by atoms with Crippen molar-refractivity contribution in [1.29, 1.82) is 0 Å². The molecule has 18 heavy (non-hydrogen) atoms. The Kier molecular flexibility index (Phi) is 8.43. The molecule has 1 heterocycles. The molecule has 0 aliphatic carbocycles. The fourth-order valence-corrected chi connectivity index (χ4v) is 4.40. The number of halogens is 1. The molecule has 0 atom stereocenters. The molecule has 1 aliphatic rings. The summed E-state index contributed by atoms with van der Waals surface area (Å²) in [7, 11) is -3.05. The van der Waals surface area contributed by atoms with Crippen LogP contribution in [-0.4, -0.2) is 38.1 Å². The highest BCUT2D eigenvalue weighted by molar-refractivity contribution is 7.89. The van der Waals surface area contributed by atoms with Gasteiger partial charge in [-0.25, -0.2) is 12.7 Å². The number of hydrogen-bond donors (Lipinski definition) is 1. The molecule has 6 heteroatoms. The fraction of sp³-hybridized carbons (Fsp3) is 1.00. The number of nitrogens with zero attached hydrogens (tertiary/aromatic N) is 1. The third-order valence-corrected chi connectivity index (χ3v) is 5.95. The van der Waals surface area contributed by atoms with Crippen molar-refractivity contribution in [3.05, 3.63) is 0 Å². The predicted molar refractivity (Wildman–Crippen MR) is 78.5 cm³/mol. The van der Waals surface area contributed by atoms with Crippen LogP contribution in [0, 0.1) is 11.8 Å². The monoisotopic (exact) mass is 298 g/mol. The van der Waals surface area contributed by atoms with Crippen LogP contribution in [0.1, 0.15) is 39.5 Å². The maximum atomic E-state index is 12.2. The molecule has 4 nitrogen and oxygen atoms in total. The molecule has 110 valence electrons. The highest BCUT2D eigenvalue weighted by atomic mass is 35.5. The lowest BCUT2D eigenvalue weighted by Crippen LogP contribution is -2.42. The quantitative estimate of drug-likeness (QED) is 0.814. The van der Waals surface area contributed by atoms with Gasteiger partial charge < -0.3 is 5.73 Å². The van der Waals surface area contributed by atoms with Crippen molar-refractivity contribution in [3.63, 3.8) is 0 Å². The van der Waals surface area contributed by atoms with E-state index in [1.807, 2.05) is 0 Å². The van der Waals surface area contributed by atoms with Gasteiger partial charge in [-0.15, -0.1) is 12.4 Å². The largest absolute Gasteiger partial charge is 0.330 e. The molecule has 1 fully saturated rings. The van der Waals surface area contributed by atoms with Gasteiger partial charge in [0.2, 0.25) is 10.0 Å². The summed E-state index contributed by atoms with van der Waals surface area (Å²) >= 11 is 0. The minimum Gasteiger partial charge on any atom is -0.330 e. The smallest absolute Gasteiger partial charge is 0.214 e. The van der Waals surface area contributed by atoms with Crippen LogP contribution in [-0.2, 0) is 10.0 Å². The van der Waals surface area contributed by atoms with Crippen LogP contribution in [0.15, 0.2) is 0 Å². The number of nitrogens with two attached hydrogens (primary N) is 1. The molecule has 2 N–H and O–H groups in total. The van der Waals surface area contributed by atoms with Crippen LogP contribution >= 0.6 is 12.4 Å². The molecule has 0 radical (unpaired) electrons. The van der Waals surface area contributed by atoms with Gasteiger partial charge in [0.05, 0.1) is 5.75 Å². The molecule has 0 aromatic carbocycles. The minimum absolute atomic E-state index is 0. The summed E-state index contributed by atoms with van der Waals surface area (Å²) in [6.45, 7) is 6.11. The highest BCUT2D eigenvalue weighted by Crippen LogP contribution is 2.21. The Balaban J connectivity index is 0.00000289.